The number of rotatable bonds is 8. The highest BCUT2D eigenvalue weighted by molar-refractivity contribution is 5.73. The van der Waals surface area contributed by atoms with E-state index in [-0.39, 0.29) is 6.61 Å². The van der Waals surface area contributed by atoms with Gasteiger partial charge >= 0.3 is 0 Å². The van der Waals surface area contributed by atoms with Crippen molar-refractivity contribution in [3.8, 4) is 11.4 Å². The average molecular weight is 278 g/mol. The zero-order chi connectivity index (χ0) is 14.2. The SMILES string of the molecule is O=Cc1cnn(-c2ccc(OCCOCCF)cc2)c1. The van der Waals surface area contributed by atoms with Gasteiger partial charge in [-0.05, 0) is 24.3 Å². The largest absolute Gasteiger partial charge is 0.491 e. The maximum atomic E-state index is 11.8. The van der Waals surface area contributed by atoms with Crippen molar-refractivity contribution >= 4 is 6.29 Å². The fourth-order valence-corrected chi connectivity index (χ4v) is 1.61. The van der Waals surface area contributed by atoms with Crippen LogP contribution in [0.3, 0.4) is 0 Å². The van der Waals surface area contributed by atoms with Crippen molar-refractivity contribution in [1.82, 2.24) is 9.78 Å². The van der Waals surface area contributed by atoms with Crippen molar-refractivity contribution in [2.24, 2.45) is 0 Å². The van der Waals surface area contributed by atoms with E-state index in [1.54, 1.807) is 23.0 Å². The van der Waals surface area contributed by atoms with Gasteiger partial charge in [0.15, 0.2) is 6.29 Å². The molecule has 0 bridgehead atoms. The van der Waals surface area contributed by atoms with Gasteiger partial charge in [-0.3, -0.25) is 4.79 Å². The molecule has 0 saturated carbocycles. The smallest absolute Gasteiger partial charge is 0.153 e. The van der Waals surface area contributed by atoms with E-state index in [0.717, 1.165) is 12.0 Å². The normalized spacial score (nSPS) is 10.4. The second-order valence-corrected chi connectivity index (χ2v) is 3.98. The first-order valence-electron chi connectivity index (χ1n) is 6.20. The summed E-state index contributed by atoms with van der Waals surface area (Å²) in [4.78, 5) is 10.6. The van der Waals surface area contributed by atoms with Crippen molar-refractivity contribution in [3.63, 3.8) is 0 Å². The summed E-state index contributed by atoms with van der Waals surface area (Å²) in [6.07, 6.45) is 3.89. The number of halogens is 1. The molecular weight excluding hydrogens is 263 g/mol. The molecule has 0 radical (unpaired) electrons. The molecule has 20 heavy (non-hydrogen) atoms. The minimum absolute atomic E-state index is 0.0979. The van der Waals surface area contributed by atoms with Gasteiger partial charge in [0.2, 0.25) is 0 Å². The lowest BCUT2D eigenvalue weighted by atomic mass is 10.3. The van der Waals surface area contributed by atoms with Crippen LogP contribution in [-0.2, 0) is 4.74 Å². The van der Waals surface area contributed by atoms with Crippen LogP contribution in [0.1, 0.15) is 10.4 Å². The van der Waals surface area contributed by atoms with Gasteiger partial charge in [-0.2, -0.15) is 5.10 Å². The first-order valence-corrected chi connectivity index (χ1v) is 6.20. The molecule has 0 fully saturated rings. The third-order valence-electron chi connectivity index (χ3n) is 2.56. The highest BCUT2D eigenvalue weighted by atomic mass is 19.1. The van der Waals surface area contributed by atoms with Gasteiger partial charge in [-0.15, -0.1) is 0 Å². The van der Waals surface area contributed by atoms with Crippen LogP contribution in [0.5, 0.6) is 5.75 Å². The van der Waals surface area contributed by atoms with Gasteiger partial charge in [-0.1, -0.05) is 0 Å². The number of hydrogen-bond acceptors (Lipinski definition) is 4. The summed E-state index contributed by atoms with van der Waals surface area (Å²) in [6.45, 7) is 0.339. The molecule has 1 aromatic heterocycles. The van der Waals surface area contributed by atoms with E-state index < -0.39 is 6.67 Å². The Morgan fingerprint density at radius 3 is 2.65 bits per heavy atom. The van der Waals surface area contributed by atoms with Crippen LogP contribution >= 0.6 is 0 Å². The quantitative estimate of drug-likeness (QED) is 0.548. The molecule has 0 aliphatic rings. The first kappa shape index (κ1) is 14.2. The van der Waals surface area contributed by atoms with Crippen LogP contribution in [0, 0.1) is 0 Å². The first-order chi connectivity index (χ1) is 9.83. The third-order valence-corrected chi connectivity index (χ3v) is 2.56. The molecule has 0 aliphatic carbocycles. The molecular formula is C14H15FN2O3. The minimum atomic E-state index is -0.485. The van der Waals surface area contributed by atoms with E-state index in [1.807, 2.05) is 12.1 Å². The molecule has 0 spiro atoms. The van der Waals surface area contributed by atoms with Crippen molar-refractivity contribution in [2.45, 2.75) is 0 Å². The molecule has 1 aromatic carbocycles. The highest BCUT2D eigenvalue weighted by Crippen LogP contribution is 2.15. The van der Waals surface area contributed by atoms with E-state index in [1.165, 1.54) is 6.20 Å². The Hall–Kier alpha value is -2.21. The van der Waals surface area contributed by atoms with Crippen molar-refractivity contribution in [1.29, 1.82) is 0 Å². The molecule has 0 saturated heterocycles. The van der Waals surface area contributed by atoms with E-state index in [4.69, 9.17) is 9.47 Å². The van der Waals surface area contributed by atoms with Gasteiger partial charge in [0.1, 0.15) is 19.0 Å². The maximum absolute atomic E-state index is 11.8. The Morgan fingerprint density at radius 2 is 2.00 bits per heavy atom. The Morgan fingerprint density at radius 1 is 1.20 bits per heavy atom. The molecule has 0 atom stereocenters. The number of carbonyl (C=O) groups excluding carboxylic acids is 1. The van der Waals surface area contributed by atoms with Crippen LogP contribution in [-0.4, -0.2) is 42.6 Å². The number of nitrogens with zero attached hydrogens (tertiary/aromatic N) is 2. The fourth-order valence-electron chi connectivity index (χ4n) is 1.61. The lowest BCUT2D eigenvalue weighted by Gasteiger charge is -2.07. The molecule has 0 amide bonds. The predicted octanol–water partition coefficient (Wildman–Crippen LogP) is 2.05. The zero-order valence-corrected chi connectivity index (χ0v) is 10.9. The Bertz CT molecular complexity index is 540. The number of carbonyl (C=O) groups is 1. The van der Waals surface area contributed by atoms with Crippen molar-refractivity contribution < 1.29 is 18.7 Å². The van der Waals surface area contributed by atoms with Gasteiger partial charge in [0.05, 0.1) is 30.7 Å². The van der Waals surface area contributed by atoms with Gasteiger partial charge in [-0.25, -0.2) is 9.07 Å². The standard InChI is InChI=1S/C14H15FN2O3/c15-5-6-19-7-8-20-14-3-1-13(2-4-14)17-10-12(11-18)9-16-17/h1-4,9-11H,5-8H2. The number of alkyl halides is 1. The summed E-state index contributed by atoms with van der Waals surface area (Å²) in [6, 6.07) is 7.26. The molecule has 2 aromatic rings. The van der Waals surface area contributed by atoms with E-state index in [0.29, 0.717) is 24.5 Å². The number of aldehydes is 1. The number of hydrogen-bond donors (Lipinski definition) is 0. The third kappa shape index (κ3) is 3.89. The van der Waals surface area contributed by atoms with Crippen LogP contribution in [0.2, 0.25) is 0 Å². The molecule has 5 nitrogen and oxygen atoms in total. The molecule has 0 N–H and O–H groups in total. The Balaban J connectivity index is 1.87. The molecule has 0 unspecified atom stereocenters. The summed E-state index contributed by atoms with van der Waals surface area (Å²) < 4.78 is 23.8. The average Bonchev–Trinajstić information content (AvgIpc) is 2.97. The monoisotopic (exact) mass is 278 g/mol. The molecule has 2 rings (SSSR count). The second kappa shape index (κ2) is 7.40. The van der Waals surface area contributed by atoms with E-state index in [2.05, 4.69) is 5.10 Å². The Kier molecular flexibility index (Phi) is 5.25. The summed E-state index contributed by atoms with van der Waals surface area (Å²) in [7, 11) is 0. The number of ether oxygens (including phenoxy) is 2. The molecule has 6 heteroatoms. The van der Waals surface area contributed by atoms with E-state index in [9.17, 15) is 9.18 Å². The summed E-state index contributed by atoms with van der Waals surface area (Å²) in [5.74, 6) is 0.695. The lowest BCUT2D eigenvalue weighted by Crippen LogP contribution is -2.08. The molecule has 0 aliphatic heterocycles. The minimum Gasteiger partial charge on any atom is -0.491 e. The lowest BCUT2D eigenvalue weighted by molar-refractivity contribution is 0.0897. The predicted molar refractivity (Wildman–Crippen MR) is 71.2 cm³/mol. The van der Waals surface area contributed by atoms with E-state index >= 15 is 0 Å². The van der Waals surface area contributed by atoms with Gasteiger partial charge in [0, 0.05) is 6.20 Å². The number of benzene rings is 1. The van der Waals surface area contributed by atoms with Crippen LogP contribution < -0.4 is 4.74 Å². The second-order valence-electron chi connectivity index (χ2n) is 3.98. The van der Waals surface area contributed by atoms with Crippen molar-refractivity contribution in [3.05, 3.63) is 42.2 Å². The van der Waals surface area contributed by atoms with Crippen LogP contribution in [0.15, 0.2) is 36.7 Å². The maximum Gasteiger partial charge on any atom is 0.153 e. The number of aromatic nitrogens is 2. The fraction of sp³-hybridized carbons (Fsp3) is 0.286. The summed E-state index contributed by atoms with van der Waals surface area (Å²) in [5, 5.41) is 4.07. The van der Waals surface area contributed by atoms with Crippen LogP contribution in [0.25, 0.3) is 5.69 Å². The zero-order valence-electron chi connectivity index (χ0n) is 10.9. The Labute approximate surface area is 115 Å². The molecule has 106 valence electrons. The highest BCUT2D eigenvalue weighted by Gasteiger charge is 2.01. The van der Waals surface area contributed by atoms with Gasteiger partial charge < -0.3 is 9.47 Å². The molecule has 1 heterocycles. The topological polar surface area (TPSA) is 53.4 Å². The summed E-state index contributed by atoms with van der Waals surface area (Å²) >= 11 is 0. The van der Waals surface area contributed by atoms with Crippen molar-refractivity contribution in [2.75, 3.05) is 26.5 Å². The van der Waals surface area contributed by atoms with Crippen LogP contribution in [0.4, 0.5) is 4.39 Å². The van der Waals surface area contributed by atoms with Gasteiger partial charge in [0.25, 0.3) is 0 Å². The summed E-state index contributed by atoms with van der Waals surface area (Å²) in [5.41, 5.74) is 1.36.